The van der Waals surface area contributed by atoms with E-state index in [0.29, 0.717) is 6.04 Å². The molecule has 0 spiro atoms. The van der Waals surface area contributed by atoms with E-state index in [1.165, 1.54) is 5.56 Å². The molecule has 0 saturated heterocycles. The summed E-state index contributed by atoms with van der Waals surface area (Å²) >= 11 is 0. The number of ether oxygens (including phenoxy) is 2. The summed E-state index contributed by atoms with van der Waals surface area (Å²) in [6, 6.07) is 8.61. The van der Waals surface area contributed by atoms with Crippen LogP contribution in [0.15, 0.2) is 24.3 Å². The topological polar surface area (TPSA) is 30.5 Å². The van der Waals surface area contributed by atoms with Crippen molar-refractivity contribution in [2.75, 3.05) is 26.9 Å². The fraction of sp³-hybridized carbons (Fsp3) is 0.625. The highest BCUT2D eigenvalue weighted by Gasteiger charge is 2.10. The molecule has 108 valence electrons. The number of nitrogens with one attached hydrogen (secondary N) is 1. The Hall–Kier alpha value is -1.06. The zero-order valence-electron chi connectivity index (χ0n) is 12.4. The quantitative estimate of drug-likeness (QED) is 0.656. The van der Waals surface area contributed by atoms with Crippen LogP contribution in [0.5, 0.6) is 5.75 Å². The van der Waals surface area contributed by atoms with Crippen molar-refractivity contribution >= 4 is 0 Å². The number of hydrogen-bond donors (Lipinski definition) is 1. The molecule has 0 aliphatic carbocycles. The van der Waals surface area contributed by atoms with E-state index in [1.54, 1.807) is 7.11 Å². The molecule has 0 amide bonds. The van der Waals surface area contributed by atoms with Crippen LogP contribution in [0.4, 0.5) is 0 Å². The minimum absolute atomic E-state index is 0.329. The van der Waals surface area contributed by atoms with E-state index in [-0.39, 0.29) is 0 Å². The first-order valence-electron chi connectivity index (χ1n) is 7.23. The Morgan fingerprint density at radius 1 is 1.16 bits per heavy atom. The van der Waals surface area contributed by atoms with Crippen LogP contribution in [0.25, 0.3) is 0 Å². The summed E-state index contributed by atoms with van der Waals surface area (Å²) in [5.74, 6) is 0.996. The van der Waals surface area contributed by atoms with Crippen molar-refractivity contribution in [3.8, 4) is 5.75 Å². The molecule has 1 N–H and O–H groups in total. The summed E-state index contributed by atoms with van der Waals surface area (Å²) in [4.78, 5) is 0. The van der Waals surface area contributed by atoms with Gasteiger partial charge in [-0.05, 0) is 38.8 Å². The highest BCUT2D eigenvalue weighted by Crippen LogP contribution is 2.24. The van der Waals surface area contributed by atoms with Crippen molar-refractivity contribution in [1.29, 1.82) is 0 Å². The molecule has 0 heterocycles. The highest BCUT2D eigenvalue weighted by molar-refractivity contribution is 5.35. The van der Waals surface area contributed by atoms with Gasteiger partial charge >= 0.3 is 0 Å². The first-order valence-corrected chi connectivity index (χ1v) is 7.23. The molecule has 0 aliphatic heterocycles. The zero-order chi connectivity index (χ0) is 13.9. The Kier molecular flexibility index (Phi) is 8.26. The van der Waals surface area contributed by atoms with Crippen LogP contribution in [0.1, 0.15) is 44.7 Å². The third kappa shape index (κ3) is 6.08. The standard InChI is InChI=1S/C16H27NO2/c1-4-11-17-14(2)15-9-5-6-10-16(15)19-13-8-7-12-18-3/h5-6,9-10,14,17H,4,7-8,11-13H2,1-3H3. The van der Waals surface area contributed by atoms with Crippen LogP contribution in [0.2, 0.25) is 0 Å². The van der Waals surface area contributed by atoms with Gasteiger partial charge < -0.3 is 14.8 Å². The molecule has 1 aromatic carbocycles. The second-order valence-corrected chi connectivity index (χ2v) is 4.76. The molecule has 3 heteroatoms. The lowest BCUT2D eigenvalue weighted by atomic mass is 10.1. The van der Waals surface area contributed by atoms with Crippen molar-refractivity contribution < 1.29 is 9.47 Å². The lowest BCUT2D eigenvalue weighted by Gasteiger charge is -2.18. The fourth-order valence-corrected chi connectivity index (χ4v) is 1.97. The summed E-state index contributed by atoms with van der Waals surface area (Å²) < 4.78 is 10.9. The summed E-state index contributed by atoms with van der Waals surface area (Å²) in [5.41, 5.74) is 1.24. The summed E-state index contributed by atoms with van der Waals surface area (Å²) in [7, 11) is 1.73. The molecular formula is C16H27NO2. The molecule has 0 radical (unpaired) electrons. The van der Waals surface area contributed by atoms with Gasteiger partial charge in [-0.3, -0.25) is 0 Å². The van der Waals surface area contributed by atoms with E-state index in [9.17, 15) is 0 Å². The molecule has 0 saturated carbocycles. The maximum absolute atomic E-state index is 5.89. The molecule has 0 aromatic heterocycles. The van der Waals surface area contributed by atoms with E-state index < -0.39 is 0 Å². The van der Waals surface area contributed by atoms with E-state index in [4.69, 9.17) is 9.47 Å². The molecule has 0 aliphatic rings. The Balaban J connectivity index is 2.47. The van der Waals surface area contributed by atoms with Gasteiger partial charge in [0.05, 0.1) is 6.61 Å². The summed E-state index contributed by atoms with van der Waals surface area (Å²) in [5, 5.41) is 3.50. The number of hydrogen-bond acceptors (Lipinski definition) is 3. The molecule has 0 fully saturated rings. The Labute approximate surface area is 117 Å². The molecular weight excluding hydrogens is 238 g/mol. The van der Waals surface area contributed by atoms with Crippen LogP contribution in [-0.2, 0) is 4.74 Å². The van der Waals surface area contributed by atoms with Crippen LogP contribution in [0.3, 0.4) is 0 Å². The van der Waals surface area contributed by atoms with Gasteiger partial charge in [0, 0.05) is 25.3 Å². The average molecular weight is 265 g/mol. The second kappa shape index (κ2) is 9.82. The van der Waals surface area contributed by atoms with Gasteiger partial charge in [0.15, 0.2) is 0 Å². The van der Waals surface area contributed by atoms with Gasteiger partial charge in [-0.25, -0.2) is 0 Å². The molecule has 3 nitrogen and oxygen atoms in total. The third-order valence-electron chi connectivity index (χ3n) is 3.09. The van der Waals surface area contributed by atoms with Crippen molar-refractivity contribution in [2.45, 2.75) is 39.2 Å². The Morgan fingerprint density at radius 2 is 1.89 bits per heavy atom. The lowest BCUT2D eigenvalue weighted by molar-refractivity contribution is 0.184. The largest absolute Gasteiger partial charge is 0.493 e. The lowest BCUT2D eigenvalue weighted by Crippen LogP contribution is -2.20. The smallest absolute Gasteiger partial charge is 0.124 e. The van der Waals surface area contributed by atoms with E-state index >= 15 is 0 Å². The fourth-order valence-electron chi connectivity index (χ4n) is 1.97. The van der Waals surface area contributed by atoms with Gasteiger partial charge in [-0.1, -0.05) is 25.1 Å². The predicted octanol–water partition coefficient (Wildman–Crippen LogP) is 3.55. The minimum Gasteiger partial charge on any atom is -0.493 e. The number of unbranched alkanes of at least 4 members (excludes halogenated alkanes) is 1. The van der Waals surface area contributed by atoms with Gasteiger partial charge in [-0.2, -0.15) is 0 Å². The monoisotopic (exact) mass is 265 g/mol. The molecule has 1 rings (SSSR count). The van der Waals surface area contributed by atoms with Crippen molar-refractivity contribution in [2.24, 2.45) is 0 Å². The van der Waals surface area contributed by atoms with Crippen LogP contribution >= 0.6 is 0 Å². The number of rotatable bonds is 10. The van der Waals surface area contributed by atoms with Gasteiger partial charge in [0.2, 0.25) is 0 Å². The summed E-state index contributed by atoms with van der Waals surface area (Å²) in [6.45, 7) is 6.95. The molecule has 1 atom stereocenters. The first kappa shape index (κ1) is 16.0. The molecule has 1 unspecified atom stereocenters. The molecule has 1 aromatic rings. The molecule has 0 bridgehead atoms. The maximum Gasteiger partial charge on any atom is 0.124 e. The predicted molar refractivity (Wildman–Crippen MR) is 79.8 cm³/mol. The normalized spacial score (nSPS) is 12.4. The Bertz CT molecular complexity index is 341. The van der Waals surface area contributed by atoms with Crippen molar-refractivity contribution in [3.63, 3.8) is 0 Å². The summed E-state index contributed by atoms with van der Waals surface area (Å²) in [6.07, 6.45) is 3.21. The van der Waals surface area contributed by atoms with Gasteiger partial charge in [0.1, 0.15) is 5.75 Å². The number of benzene rings is 1. The number of methoxy groups -OCH3 is 1. The van der Waals surface area contributed by atoms with Crippen LogP contribution in [0, 0.1) is 0 Å². The van der Waals surface area contributed by atoms with Crippen molar-refractivity contribution in [1.82, 2.24) is 5.32 Å². The Morgan fingerprint density at radius 3 is 2.63 bits per heavy atom. The average Bonchev–Trinajstić information content (AvgIpc) is 2.45. The zero-order valence-corrected chi connectivity index (χ0v) is 12.4. The highest BCUT2D eigenvalue weighted by atomic mass is 16.5. The van der Waals surface area contributed by atoms with Gasteiger partial charge in [0.25, 0.3) is 0 Å². The number of para-hydroxylation sites is 1. The SMILES string of the molecule is CCCNC(C)c1ccccc1OCCCCOC. The van der Waals surface area contributed by atoms with Gasteiger partial charge in [-0.15, -0.1) is 0 Å². The maximum atomic E-state index is 5.89. The first-order chi connectivity index (χ1) is 9.29. The molecule has 19 heavy (non-hydrogen) atoms. The van der Waals surface area contributed by atoms with Crippen LogP contribution < -0.4 is 10.1 Å². The van der Waals surface area contributed by atoms with Crippen molar-refractivity contribution in [3.05, 3.63) is 29.8 Å². The van der Waals surface area contributed by atoms with E-state index in [1.807, 2.05) is 6.07 Å². The minimum atomic E-state index is 0.329. The second-order valence-electron chi connectivity index (χ2n) is 4.76. The van der Waals surface area contributed by atoms with Crippen LogP contribution in [-0.4, -0.2) is 26.9 Å². The van der Waals surface area contributed by atoms with E-state index in [0.717, 1.165) is 44.8 Å². The van der Waals surface area contributed by atoms with E-state index in [2.05, 4.69) is 37.4 Å². The third-order valence-corrected chi connectivity index (χ3v) is 3.09.